The lowest BCUT2D eigenvalue weighted by atomic mass is 10.3. The number of phenolic OH excluding ortho intramolecular Hbond substituents is 2. The van der Waals surface area contributed by atoms with E-state index in [1.165, 1.54) is 12.1 Å². The van der Waals surface area contributed by atoms with Crippen LogP contribution in [0.2, 0.25) is 0 Å². The minimum absolute atomic E-state index is 0. The summed E-state index contributed by atoms with van der Waals surface area (Å²) in [6.07, 6.45) is 0. The zero-order chi connectivity index (χ0) is 6.85. The number of hydrogen-bond acceptors (Lipinski definition) is 2. The molecule has 0 fully saturated rings. The molecule has 1 aromatic rings. The first-order valence-corrected chi connectivity index (χ1v) is 3.17. The van der Waals surface area contributed by atoms with Crippen LogP contribution in [-0.2, 0) is 0 Å². The summed E-state index contributed by atoms with van der Waals surface area (Å²) < 4.78 is 0.748. The van der Waals surface area contributed by atoms with Gasteiger partial charge in [-0.1, -0.05) is 15.9 Å². The molecule has 0 aliphatic heterocycles. The van der Waals surface area contributed by atoms with Gasteiger partial charge >= 0.3 is 0 Å². The zero-order valence-electron chi connectivity index (χ0n) is 5.08. The van der Waals surface area contributed by atoms with E-state index >= 15 is 0 Å². The van der Waals surface area contributed by atoms with Crippen molar-refractivity contribution < 1.29 is 10.2 Å². The van der Waals surface area contributed by atoms with E-state index in [1.807, 2.05) is 0 Å². The summed E-state index contributed by atoms with van der Waals surface area (Å²) in [5, 5.41) is 17.6. The third kappa shape index (κ3) is 1.95. The molecular weight excluding hydrogens is 195 g/mol. The monoisotopic (exact) mass is 199 g/mol. The van der Waals surface area contributed by atoms with Crippen molar-refractivity contribution in [1.29, 1.82) is 0 Å². The fourth-order valence-corrected chi connectivity index (χ4v) is 0.846. The van der Waals surface area contributed by atoms with Crippen LogP contribution in [0.1, 0.15) is 0 Å². The Kier molecular flexibility index (Phi) is 3.29. The Labute approximate surface area is 69.2 Å². The fraction of sp³-hybridized carbons (Fsp3) is 0. The minimum atomic E-state index is -0.107. The summed E-state index contributed by atoms with van der Waals surface area (Å²) in [4.78, 5) is 0. The molecule has 1 rings (SSSR count). The van der Waals surface area contributed by atoms with Crippen LogP contribution in [0.3, 0.4) is 0 Å². The molecule has 2 nitrogen and oxygen atoms in total. The van der Waals surface area contributed by atoms with E-state index in [1.54, 1.807) is 6.07 Å². The molecule has 2 N–H and O–H groups in total. The second kappa shape index (κ2) is 3.51. The summed E-state index contributed by atoms with van der Waals surface area (Å²) >= 11 is 3.13. The van der Waals surface area contributed by atoms with E-state index in [9.17, 15) is 0 Å². The van der Waals surface area contributed by atoms with Gasteiger partial charge in [-0.25, -0.2) is 0 Å². The van der Waals surface area contributed by atoms with E-state index in [0.717, 1.165) is 4.47 Å². The van der Waals surface area contributed by atoms with Crippen LogP contribution in [0, 0.1) is 0 Å². The van der Waals surface area contributed by atoms with Crippen molar-refractivity contribution in [3.05, 3.63) is 22.7 Å². The molecule has 10 heavy (non-hydrogen) atoms. The standard InChI is InChI=1S/C6H5BrO2.B/c7-4-1-2-5(8)6(9)3-4;/h1-3,8-9H;. The van der Waals surface area contributed by atoms with Gasteiger partial charge in [-0.2, -0.15) is 0 Å². The first-order valence-electron chi connectivity index (χ1n) is 2.37. The summed E-state index contributed by atoms with van der Waals surface area (Å²) in [5.41, 5.74) is 0. The van der Waals surface area contributed by atoms with Gasteiger partial charge in [-0.15, -0.1) is 0 Å². The maximum atomic E-state index is 8.82. The molecule has 0 heterocycles. The van der Waals surface area contributed by atoms with Crippen molar-refractivity contribution in [3.63, 3.8) is 0 Å². The predicted octanol–water partition coefficient (Wildman–Crippen LogP) is 1.48. The predicted molar refractivity (Wildman–Crippen MR) is 43.2 cm³/mol. The van der Waals surface area contributed by atoms with Crippen LogP contribution in [0.5, 0.6) is 11.5 Å². The highest BCUT2D eigenvalue weighted by Crippen LogP contribution is 2.26. The minimum Gasteiger partial charge on any atom is -0.504 e. The van der Waals surface area contributed by atoms with Gasteiger partial charge in [0.05, 0.1) is 0 Å². The molecule has 0 aromatic heterocycles. The number of benzene rings is 1. The first kappa shape index (κ1) is 9.36. The quantitative estimate of drug-likeness (QED) is 0.491. The normalized spacial score (nSPS) is 8.50. The van der Waals surface area contributed by atoms with Crippen molar-refractivity contribution >= 4 is 24.3 Å². The van der Waals surface area contributed by atoms with Gasteiger partial charge in [-0.3, -0.25) is 0 Å². The fourth-order valence-electron chi connectivity index (χ4n) is 0.497. The van der Waals surface area contributed by atoms with Crippen LogP contribution in [0.15, 0.2) is 22.7 Å². The second-order valence-corrected chi connectivity index (χ2v) is 2.55. The van der Waals surface area contributed by atoms with Gasteiger partial charge in [0.15, 0.2) is 11.5 Å². The molecule has 0 aliphatic rings. The number of rotatable bonds is 0. The van der Waals surface area contributed by atoms with Crippen molar-refractivity contribution in [1.82, 2.24) is 0 Å². The van der Waals surface area contributed by atoms with E-state index in [0.29, 0.717) is 0 Å². The molecule has 0 saturated heterocycles. The zero-order valence-corrected chi connectivity index (χ0v) is 6.67. The van der Waals surface area contributed by atoms with E-state index in [4.69, 9.17) is 10.2 Å². The molecule has 51 valence electrons. The lowest BCUT2D eigenvalue weighted by molar-refractivity contribution is 0.403. The molecular formula is C6H5BBrO2. The smallest absolute Gasteiger partial charge is 0.158 e. The van der Waals surface area contributed by atoms with Crippen LogP contribution < -0.4 is 0 Å². The lowest BCUT2D eigenvalue weighted by Crippen LogP contribution is -1.66. The number of hydrogen-bond donors (Lipinski definition) is 2. The Morgan fingerprint density at radius 1 is 1.10 bits per heavy atom. The Balaban J connectivity index is 0.000000810. The average molecular weight is 200 g/mol. The third-order valence-corrected chi connectivity index (χ3v) is 1.43. The maximum Gasteiger partial charge on any atom is 0.158 e. The average Bonchev–Trinajstić information content (AvgIpc) is 1.80. The van der Waals surface area contributed by atoms with Crippen LogP contribution in [0.25, 0.3) is 0 Å². The van der Waals surface area contributed by atoms with Gasteiger partial charge in [0.2, 0.25) is 0 Å². The number of halogens is 1. The van der Waals surface area contributed by atoms with Crippen LogP contribution in [-0.4, -0.2) is 18.6 Å². The highest BCUT2D eigenvalue weighted by atomic mass is 79.9. The van der Waals surface area contributed by atoms with Crippen molar-refractivity contribution in [2.24, 2.45) is 0 Å². The van der Waals surface area contributed by atoms with Crippen LogP contribution in [0.4, 0.5) is 0 Å². The van der Waals surface area contributed by atoms with Gasteiger partial charge in [0, 0.05) is 12.9 Å². The lowest BCUT2D eigenvalue weighted by Gasteiger charge is -1.94. The highest BCUT2D eigenvalue weighted by molar-refractivity contribution is 9.10. The summed E-state index contributed by atoms with van der Waals surface area (Å²) in [5.74, 6) is -0.206. The Morgan fingerprint density at radius 3 is 2.10 bits per heavy atom. The maximum absolute atomic E-state index is 8.82. The SMILES string of the molecule is Oc1ccc(Br)cc1O.[B]. The van der Waals surface area contributed by atoms with E-state index in [2.05, 4.69) is 15.9 Å². The molecule has 4 heteroatoms. The molecule has 1 aromatic carbocycles. The van der Waals surface area contributed by atoms with Crippen molar-refractivity contribution in [2.45, 2.75) is 0 Å². The molecule has 0 unspecified atom stereocenters. The molecule has 0 amide bonds. The largest absolute Gasteiger partial charge is 0.504 e. The van der Waals surface area contributed by atoms with Crippen LogP contribution >= 0.6 is 15.9 Å². The molecule has 0 aliphatic carbocycles. The van der Waals surface area contributed by atoms with Gasteiger partial charge in [-0.05, 0) is 18.2 Å². The molecule has 0 bridgehead atoms. The Morgan fingerprint density at radius 2 is 1.70 bits per heavy atom. The first-order chi connectivity index (χ1) is 4.20. The van der Waals surface area contributed by atoms with Gasteiger partial charge < -0.3 is 10.2 Å². The molecule has 3 radical (unpaired) electrons. The summed E-state index contributed by atoms with van der Waals surface area (Å²) in [6.45, 7) is 0. The van der Waals surface area contributed by atoms with Gasteiger partial charge in [0.25, 0.3) is 0 Å². The highest BCUT2D eigenvalue weighted by Gasteiger charge is 1.95. The number of aromatic hydroxyl groups is 2. The Bertz CT molecular complexity index is 227. The summed E-state index contributed by atoms with van der Waals surface area (Å²) in [7, 11) is 0. The Hall–Kier alpha value is -0.635. The second-order valence-electron chi connectivity index (χ2n) is 1.63. The van der Waals surface area contributed by atoms with E-state index < -0.39 is 0 Å². The van der Waals surface area contributed by atoms with Gasteiger partial charge in [0.1, 0.15) is 0 Å². The van der Waals surface area contributed by atoms with Crippen molar-refractivity contribution in [3.8, 4) is 11.5 Å². The molecule has 0 atom stereocenters. The molecule has 0 saturated carbocycles. The number of phenols is 2. The van der Waals surface area contributed by atoms with E-state index in [-0.39, 0.29) is 19.9 Å². The molecule has 0 spiro atoms. The topological polar surface area (TPSA) is 40.5 Å². The van der Waals surface area contributed by atoms with Crippen molar-refractivity contribution in [2.75, 3.05) is 0 Å². The summed E-state index contributed by atoms with van der Waals surface area (Å²) in [6, 6.07) is 4.49. The third-order valence-electron chi connectivity index (χ3n) is 0.937.